The molecule has 0 bridgehead atoms. The van der Waals surface area contributed by atoms with Crippen molar-refractivity contribution in [3.63, 3.8) is 0 Å². The highest BCUT2D eigenvalue weighted by Gasteiger charge is 2.33. The quantitative estimate of drug-likeness (QED) is 0.604. The van der Waals surface area contributed by atoms with E-state index >= 15 is 0 Å². The van der Waals surface area contributed by atoms with E-state index in [1.54, 1.807) is 60.5 Å². The Morgan fingerprint density at radius 1 is 1.06 bits per heavy atom. The summed E-state index contributed by atoms with van der Waals surface area (Å²) < 4.78 is 11.5. The number of carbonyl (C=O) groups is 2. The van der Waals surface area contributed by atoms with E-state index in [0.29, 0.717) is 46.5 Å². The standard InChI is InChI=1S/C24H21ClN2O4/c1-30-20-9-10-21(22(13-20)31-19-7-5-17(25)6-8-19)16-12-23(28)27(14-16)18-4-2-3-15(11-18)24(26)29/h2-11,13,16H,12,14H2,1H3,(H2,26,29). The molecule has 2 N–H and O–H groups in total. The van der Waals surface area contributed by atoms with Gasteiger partial charge in [0.1, 0.15) is 17.2 Å². The lowest BCUT2D eigenvalue weighted by Gasteiger charge is -2.19. The molecule has 1 aliphatic rings. The number of ether oxygens (including phenoxy) is 2. The fourth-order valence-corrected chi connectivity index (χ4v) is 3.82. The highest BCUT2D eigenvalue weighted by atomic mass is 35.5. The van der Waals surface area contributed by atoms with E-state index in [1.807, 2.05) is 18.2 Å². The second-order valence-corrected chi connectivity index (χ2v) is 7.72. The molecule has 158 valence electrons. The number of anilines is 1. The lowest BCUT2D eigenvalue weighted by molar-refractivity contribution is -0.117. The number of methoxy groups -OCH3 is 1. The second kappa shape index (κ2) is 8.70. The van der Waals surface area contributed by atoms with E-state index < -0.39 is 5.91 Å². The van der Waals surface area contributed by atoms with Crippen LogP contribution < -0.4 is 20.1 Å². The van der Waals surface area contributed by atoms with Gasteiger partial charge >= 0.3 is 0 Å². The molecule has 31 heavy (non-hydrogen) atoms. The van der Waals surface area contributed by atoms with Crippen molar-refractivity contribution in [2.75, 3.05) is 18.6 Å². The van der Waals surface area contributed by atoms with Gasteiger partial charge in [0.15, 0.2) is 0 Å². The minimum absolute atomic E-state index is 0.0279. The van der Waals surface area contributed by atoms with Gasteiger partial charge in [-0.05, 0) is 48.5 Å². The predicted molar refractivity (Wildman–Crippen MR) is 119 cm³/mol. The fraction of sp³-hybridized carbons (Fsp3) is 0.167. The molecular weight excluding hydrogens is 416 g/mol. The molecule has 7 heteroatoms. The Labute approximate surface area is 185 Å². The van der Waals surface area contributed by atoms with E-state index in [9.17, 15) is 9.59 Å². The number of primary amides is 1. The number of rotatable bonds is 6. The summed E-state index contributed by atoms with van der Waals surface area (Å²) in [6.45, 7) is 0.463. The third-order valence-electron chi connectivity index (χ3n) is 5.27. The Hall–Kier alpha value is -3.51. The van der Waals surface area contributed by atoms with Gasteiger partial charge in [0, 0.05) is 46.8 Å². The van der Waals surface area contributed by atoms with Crippen LogP contribution in [0.3, 0.4) is 0 Å². The van der Waals surface area contributed by atoms with Crippen LogP contribution >= 0.6 is 11.6 Å². The van der Waals surface area contributed by atoms with Crippen LogP contribution in [0.25, 0.3) is 0 Å². The third kappa shape index (κ3) is 4.49. The Morgan fingerprint density at radius 2 is 1.81 bits per heavy atom. The molecule has 2 amide bonds. The van der Waals surface area contributed by atoms with E-state index in [0.717, 1.165) is 5.56 Å². The summed E-state index contributed by atoms with van der Waals surface area (Å²) in [5.74, 6) is 1.26. The summed E-state index contributed by atoms with van der Waals surface area (Å²) in [7, 11) is 1.59. The van der Waals surface area contributed by atoms with Gasteiger partial charge in [0.05, 0.1) is 7.11 Å². The normalized spacial score (nSPS) is 15.7. The molecule has 0 spiro atoms. The number of carbonyl (C=O) groups excluding carboxylic acids is 2. The van der Waals surface area contributed by atoms with Crippen molar-refractivity contribution in [3.8, 4) is 17.2 Å². The average molecular weight is 437 g/mol. The SMILES string of the molecule is COc1ccc(C2CC(=O)N(c3cccc(C(N)=O)c3)C2)c(Oc2ccc(Cl)cc2)c1. The molecule has 1 unspecified atom stereocenters. The molecule has 0 saturated carbocycles. The van der Waals surface area contributed by atoms with Gasteiger partial charge in [0.25, 0.3) is 0 Å². The molecule has 6 nitrogen and oxygen atoms in total. The van der Waals surface area contributed by atoms with Crippen LogP contribution in [-0.2, 0) is 4.79 Å². The molecule has 1 aliphatic heterocycles. The molecular formula is C24H21ClN2O4. The number of nitrogens with two attached hydrogens (primary N) is 1. The maximum atomic E-state index is 12.8. The number of nitrogens with zero attached hydrogens (tertiary/aromatic N) is 1. The fourth-order valence-electron chi connectivity index (χ4n) is 3.69. The average Bonchev–Trinajstić information content (AvgIpc) is 3.16. The first-order valence-corrected chi connectivity index (χ1v) is 10.1. The number of hydrogen-bond donors (Lipinski definition) is 1. The Bertz CT molecular complexity index is 1130. The Kier molecular flexibility index (Phi) is 5.82. The van der Waals surface area contributed by atoms with Crippen molar-refractivity contribution in [1.82, 2.24) is 0 Å². The van der Waals surface area contributed by atoms with Crippen LogP contribution in [0.2, 0.25) is 5.02 Å². The van der Waals surface area contributed by atoms with Crippen molar-refractivity contribution in [1.29, 1.82) is 0 Å². The molecule has 1 fully saturated rings. The van der Waals surface area contributed by atoms with Gasteiger partial charge < -0.3 is 20.1 Å². The highest BCUT2D eigenvalue weighted by Crippen LogP contribution is 2.40. The van der Waals surface area contributed by atoms with Crippen LogP contribution in [0.4, 0.5) is 5.69 Å². The summed E-state index contributed by atoms with van der Waals surface area (Å²) in [6, 6.07) is 19.4. The summed E-state index contributed by atoms with van der Waals surface area (Å²) in [6.07, 6.45) is 0.324. The third-order valence-corrected chi connectivity index (χ3v) is 5.52. The van der Waals surface area contributed by atoms with E-state index in [2.05, 4.69) is 0 Å². The lowest BCUT2D eigenvalue weighted by atomic mass is 9.97. The van der Waals surface area contributed by atoms with Crippen molar-refractivity contribution in [2.45, 2.75) is 12.3 Å². The maximum Gasteiger partial charge on any atom is 0.248 e. The summed E-state index contributed by atoms with van der Waals surface area (Å²) in [5.41, 5.74) is 7.30. The number of halogens is 1. The van der Waals surface area contributed by atoms with Gasteiger partial charge in [-0.3, -0.25) is 9.59 Å². The smallest absolute Gasteiger partial charge is 0.248 e. The zero-order valence-corrected chi connectivity index (χ0v) is 17.6. The summed E-state index contributed by atoms with van der Waals surface area (Å²) >= 11 is 5.97. The van der Waals surface area contributed by atoms with Crippen molar-refractivity contribution < 1.29 is 19.1 Å². The lowest BCUT2D eigenvalue weighted by Crippen LogP contribution is -2.24. The molecule has 0 radical (unpaired) electrons. The van der Waals surface area contributed by atoms with Crippen molar-refractivity contribution >= 4 is 29.1 Å². The molecule has 4 rings (SSSR count). The van der Waals surface area contributed by atoms with Crippen LogP contribution in [0, 0.1) is 0 Å². The topological polar surface area (TPSA) is 81.9 Å². The number of hydrogen-bond acceptors (Lipinski definition) is 4. The van der Waals surface area contributed by atoms with E-state index in [1.165, 1.54) is 0 Å². The van der Waals surface area contributed by atoms with Gasteiger partial charge in [-0.1, -0.05) is 23.7 Å². The van der Waals surface area contributed by atoms with Gasteiger partial charge in [-0.25, -0.2) is 0 Å². The first-order valence-electron chi connectivity index (χ1n) is 9.76. The zero-order valence-electron chi connectivity index (χ0n) is 16.9. The second-order valence-electron chi connectivity index (χ2n) is 7.28. The minimum atomic E-state index is -0.529. The molecule has 0 aliphatic carbocycles. The van der Waals surface area contributed by atoms with E-state index in [4.69, 9.17) is 26.8 Å². The highest BCUT2D eigenvalue weighted by molar-refractivity contribution is 6.30. The first kappa shape index (κ1) is 20.8. The summed E-state index contributed by atoms with van der Waals surface area (Å²) in [5, 5.41) is 0.619. The van der Waals surface area contributed by atoms with E-state index in [-0.39, 0.29) is 11.8 Å². The van der Waals surface area contributed by atoms with Crippen LogP contribution in [0.1, 0.15) is 28.3 Å². The monoisotopic (exact) mass is 436 g/mol. The Balaban J connectivity index is 1.63. The largest absolute Gasteiger partial charge is 0.497 e. The van der Waals surface area contributed by atoms with Crippen LogP contribution in [-0.4, -0.2) is 25.5 Å². The van der Waals surface area contributed by atoms with Crippen molar-refractivity contribution in [2.24, 2.45) is 5.73 Å². The van der Waals surface area contributed by atoms with Gasteiger partial charge in [-0.2, -0.15) is 0 Å². The summed E-state index contributed by atoms with van der Waals surface area (Å²) in [4.78, 5) is 26.0. The Morgan fingerprint density at radius 3 is 2.52 bits per heavy atom. The first-order chi connectivity index (χ1) is 14.9. The number of amides is 2. The van der Waals surface area contributed by atoms with Gasteiger partial charge in [-0.15, -0.1) is 0 Å². The molecule has 3 aromatic carbocycles. The zero-order chi connectivity index (χ0) is 22.0. The molecule has 0 aromatic heterocycles. The van der Waals surface area contributed by atoms with Crippen LogP contribution in [0.15, 0.2) is 66.7 Å². The minimum Gasteiger partial charge on any atom is -0.497 e. The molecule has 1 heterocycles. The van der Waals surface area contributed by atoms with Gasteiger partial charge in [0.2, 0.25) is 11.8 Å². The predicted octanol–water partition coefficient (Wildman–Crippen LogP) is 4.76. The maximum absolute atomic E-state index is 12.8. The molecule has 1 saturated heterocycles. The molecule has 3 aromatic rings. The van der Waals surface area contributed by atoms with Crippen LogP contribution in [0.5, 0.6) is 17.2 Å². The van der Waals surface area contributed by atoms with Crippen molar-refractivity contribution in [3.05, 3.63) is 82.9 Å². The number of benzene rings is 3. The molecule has 1 atom stereocenters.